The SMILES string of the molecule is C=N/C=C(\C=C(/C)c1ccc2oc3ccccc3c2c1)c1ccc(-c2nc(-c3ccccc3)nc(-c3ccccc3)n2)cc1. The van der Waals surface area contributed by atoms with Crippen molar-refractivity contribution in [1.82, 2.24) is 15.0 Å². The summed E-state index contributed by atoms with van der Waals surface area (Å²) < 4.78 is 6.02. The van der Waals surface area contributed by atoms with Crippen LogP contribution in [0.25, 0.3) is 67.2 Å². The van der Waals surface area contributed by atoms with Crippen LogP contribution in [0.4, 0.5) is 0 Å². The van der Waals surface area contributed by atoms with Gasteiger partial charge in [-0.2, -0.15) is 0 Å². The van der Waals surface area contributed by atoms with E-state index in [1.54, 1.807) is 6.20 Å². The Morgan fingerprint density at radius 2 is 1.11 bits per heavy atom. The maximum absolute atomic E-state index is 6.02. The van der Waals surface area contributed by atoms with Crippen molar-refractivity contribution >= 4 is 39.8 Å². The van der Waals surface area contributed by atoms with Gasteiger partial charge in [-0.05, 0) is 54.6 Å². The van der Waals surface area contributed by atoms with Crippen molar-refractivity contribution in [3.8, 4) is 34.2 Å². The van der Waals surface area contributed by atoms with Crippen LogP contribution in [-0.4, -0.2) is 21.7 Å². The summed E-state index contributed by atoms with van der Waals surface area (Å²) in [5.41, 5.74) is 8.73. The van der Waals surface area contributed by atoms with Crippen LogP contribution < -0.4 is 0 Å². The van der Waals surface area contributed by atoms with E-state index in [-0.39, 0.29) is 0 Å². The number of fused-ring (bicyclic) bond motifs is 3. The van der Waals surface area contributed by atoms with Crippen LogP contribution in [0.15, 0.2) is 149 Å². The molecule has 5 nitrogen and oxygen atoms in total. The number of aliphatic imine (C=N–C) groups is 1. The summed E-state index contributed by atoms with van der Waals surface area (Å²) in [7, 11) is 0. The van der Waals surface area contributed by atoms with Crippen LogP contribution in [0.5, 0.6) is 0 Å². The molecule has 7 rings (SSSR count). The van der Waals surface area contributed by atoms with E-state index in [1.165, 1.54) is 0 Å². The molecule has 0 spiro atoms. The van der Waals surface area contributed by atoms with Gasteiger partial charge in [-0.1, -0.05) is 109 Å². The molecule has 0 fully saturated rings. The van der Waals surface area contributed by atoms with Crippen molar-refractivity contribution in [2.75, 3.05) is 0 Å². The molecule has 0 saturated heterocycles. The highest BCUT2D eigenvalue weighted by Crippen LogP contribution is 2.32. The molecule has 0 saturated carbocycles. The number of hydrogen-bond acceptors (Lipinski definition) is 5. The van der Waals surface area contributed by atoms with Crippen LogP contribution in [0, 0.1) is 0 Å². The Morgan fingerprint density at radius 1 is 0.591 bits per heavy atom. The summed E-state index contributed by atoms with van der Waals surface area (Å²) >= 11 is 0. The van der Waals surface area contributed by atoms with E-state index in [0.717, 1.165) is 60.9 Å². The van der Waals surface area contributed by atoms with Crippen LogP contribution in [0.3, 0.4) is 0 Å². The second-order valence-corrected chi connectivity index (χ2v) is 10.5. The third-order valence-corrected chi connectivity index (χ3v) is 7.61. The highest BCUT2D eigenvalue weighted by molar-refractivity contribution is 6.06. The summed E-state index contributed by atoms with van der Waals surface area (Å²) in [5, 5.41) is 2.21. The third-order valence-electron chi connectivity index (χ3n) is 7.61. The molecule has 0 amide bonds. The van der Waals surface area contributed by atoms with Gasteiger partial charge in [0.1, 0.15) is 11.2 Å². The first-order valence-electron chi connectivity index (χ1n) is 14.4. The molecule has 0 unspecified atom stereocenters. The number of aromatic nitrogens is 3. The maximum atomic E-state index is 6.02. The number of hydrogen-bond donors (Lipinski definition) is 0. The Kier molecular flexibility index (Phi) is 7.19. The number of benzene rings is 5. The van der Waals surface area contributed by atoms with Gasteiger partial charge in [0, 0.05) is 39.2 Å². The Bertz CT molecular complexity index is 2120. The van der Waals surface area contributed by atoms with Gasteiger partial charge < -0.3 is 4.42 Å². The van der Waals surface area contributed by atoms with E-state index in [0.29, 0.717) is 17.5 Å². The lowest BCUT2D eigenvalue weighted by Crippen LogP contribution is -2.00. The van der Waals surface area contributed by atoms with Crippen molar-refractivity contribution in [2.45, 2.75) is 6.92 Å². The quantitative estimate of drug-likeness (QED) is 0.142. The molecule has 0 aliphatic rings. The number of furan rings is 1. The van der Waals surface area contributed by atoms with Crippen LogP contribution in [-0.2, 0) is 0 Å². The topological polar surface area (TPSA) is 64.2 Å². The van der Waals surface area contributed by atoms with Gasteiger partial charge in [0.15, 0.2) is 17.5 Å². The van der Waals surface area contributed by atoms with Crippen molar-refractivity contribution in [3.05, 3.63) is 151 Å². The molecule has 2 heterocycles. The number of para-hydroxylation sites is 1. The first kappa shape index (κ1) is 26.9. The minimum Gasteiger partial charge on any atom is -0.456 e. The van der Waals surface area contributed by atoms with E-state index < -0.39 is 0 Å². The van der Waals surface area contributed by atoms with Crippen molar-refractivity contribution in [2.24, 2.45) is 4.99 Å². The Balaban J connectivity index is 1.24. The Morgan fingerprint density at radius 3 is 1.73 bits per heavy atom. The predicted octanol–water partition coefficient (Wildman–Crippen LogP) is 9.92. The fourth-order valence-corrected chi connectivity index (χ4v) is 5.33. The fourth-order valence-electron chi connectivity index (χ4n) is 5.33. The van der Waals surface area contributed by atoms with Gasteiger partial charge in [-0.25, -0.2) is 15.0 Å². The van der Waals surface area contributed by atoms with E-state index in [4.69, 9.17) is 19.4 Å². The average molecular weight is 569 g/mol. The highest BCUT2D eigenvalue weighted by Gasteiger charge is 2.13. The van der Waals surface area contributed by atoms with Gasteiger partial charge in [0.2, 0.25) is 0 Å². The van der Waals surface area contributed by atoms with Crippen LogP contribution in [0.2, 0.25) is 0 Å². The predicted molar refractivity (Wildman–Crippen MR) is 181 cm³/mol. The van der Waals surface area contributed by atoms with Crippen molar-refractivity contribution < 1.29 is 4.42 Å². The van der Waals surface area contributed by atoms with E-state index >= 15 is 0 Å². The smallest absolute Gasteiger partial charge is 0.164 e. The summed E-state index contributed by atoms with van der Waals surface area (Å²) in [6.45, 7) is 5.83. The van der Waals surface area contributed by atoms with Crippen molar-refractivity contribution in [3.63, 3.8) is 0 Å². The molecule has 0 N–H and O–H groups in total. The van der Waals surface area contributed by atoms with Gasteiger partial charge >= 0.3 is 0 Å². The number of nitrogens with zero attached hydrogens (tertiary/aromatic N) is 4. The lowest BCUT2D eigenvalue weighted by molar-refractivity contribution is 0.669. The Labute approximate surface area is 255 Å². The first-order chi connectivity index (χ1) is 21.7. The summed E-state index contributed by atoms with van der Waals surface area (Å²) in [6.07, 6.45) is 3.92. The normalized spacial score (nSPS) is 12.1. The molecule has 0 radical (unpaired) electrons. The zero-order valence-electron chi connectivity index (χ0n) is 24.2. The molecular formula is C39H28N4O. The Hall–Kier alpha value is -5.94. The summed E-state index contributed by atoms with van der Waals surface area (Å²) in [6, 6.07) is 42.6. The molecule has 2 aromatic heterocycles. The van der Waals surface area contributed by atoms with Gasteiger partial charge in [-0.3, -0.25) is 4.99 Å². The van der Waals surface area contributed by atoms with Gasteiger partial charge in [0.05, 0.1) is 0 Å². The lowest BCUT2D eigenvalue weighted by atomic mass is 9.98. The minimum absolute atomic E-state index is 0.615. The zero-order valence-corrected chi connectivity index (χ0v) is 24.2. The van der Waals surface area contributed by atoms with Crippen LogP contribution in [0.1, 0.15) is 18.1 Å². The van der Waals surface area contributed by atoms with E-state index in [1.807, 2.05) is 97.1 Å². The molecule has 5 heteroatoms. The lowest BCUT2D eigenvalue weighted by Gasteiger charge is -2.10. The standard InChI is InChI=1S/C39H28N4O/c1-26(31-21-22-36-34(24-31)33-15-9-10-16-35(33)44-36)23-32(25-40-2)27-17-19-30(20-18-27)39-42-37(28-11-5-3-6-12-28)41-38(43-39)29-13-7-4-8-14-29/h3-25H,2H2,1H3/b26-23+,32-25+. The third kappa shape index (κ3) is 5.35. The average Bonchev–Trinajstić information content (AvgIpc) is 3.47. The fraction of sp³-hybridized carbons (Fsp3) is 0.0256. The van der Waals surface area contributed by atoms with Gasteiger partial charge in [-0.15, -0.1) is 0 Å². The molecule has 0 bridgehead atoms. The molecule has 0 atom stereocenters. The molecule has 210 valence electrons. The monoisotopic (exact) mass is 568 g/mol. The highest BCUT2D eigenvalue weighted by atomic mass is 16.3. The minimum atomic E-state index is 0.615. The van der Waals surface area contributed by atoms with E-state index in [9.17, 15) is 0 Å². The molecule has 5 aromatic carbocycles. The summed E-state index contributed by atoms with van der Waals surface area (Å²) in [4.78, 5) is 18.6. The largest absolute Gasteiger partial charge is 0.456 e. The molecule has 44 heavy (non-hydrogen) atoms. The molecule has 7 aromatic rings. The first-order valence-corrected chi connectivity index (χ1v) is 14.4. The number of allylic oxidation sites excluding steroid dienone is 3. The van der Waals surface area contributed by atoms with Gasteiger partial charge in [0.25, 0.3) is 0 Å². The summed E-state index contributed by atoms with van der Waals surface area (Å²) in [5.74, 6) is 1.88. The maximum Gasteiger partial charge on any atom is 0.164 e. The second kappa shape index (κ2) is 11.7. The van der Waals surface area contributed by atoms with Crippen LogP contribution >= 0.6 is 0 Å². The second-order valence-electron chi connectivity index (χ2n) is 10.5. The van der Waals surface area contributed by atoms with Crippen molar-refractivity contribution in [1.29, 1.82) is 0 Å². The molecule has 0 aliphatic carbocycles. The van der Waals surface area contributed by atoms with E-state index in [2.05, 4.69) is 55.0 Å². The molecule has 0 aliphatic heterocycles. The zero-order chi connectivity index (χ0) is 29.9. The number of rotatable bonds is 7. The molecular weight excluding hydrogens is 540 g/mol.